The monoisotopic (exact) mass is 226 g/mol. The zero-order valence-electron chi connectivity index (χ0n) is 10.2. The summed E-state index contributed by atoms with van der Waals surface area (Å²) in [5.74, 6) is 0.447. The number of hydrogen-bond acceptors (Lipinski definition) is 3. The molecule has 1 saturated heterocycles. The van der Waals surface area contributed by atoms with Gasteiger partial charge in [-0.3, -0.25) is 4.79 Å². The lowest BCUT2D eigenvalue weighted by Gasteiger charge is -2.36. The first-order valence-corrected chi connectivity index (χ1v) is 6.26. The Morgan fingerprint density at radius 2 is 1.88 bits per heavy atom. The van der Waals surface area contributed by atoms with Gasteiger partial charge < -0.3 is 15.4 Å². The number of nitrogens with two attached hydrogens (primary N) is 1. The zero-order valence-corrected chi connectivity index (χ0v) is 10.2. The van der Waals surface area contributed by atoms with E-state index in [2.05, 4.69) is 0 Å². The third-order valence-electron chi connectivity index (χ3n) is 3.55. The van der Waals surface area contributed by atoms with Crippen molar-refractivity contribution < 1.29 is 9.53 Å². The molecule has 16 heavy (non-hydrogen) atoms. The summed E-state index contributed by atoms with van der Waals surface area (Å²) in [6.07, 6.45) is 3.12. The first-order chi connectivity index (χ1) is 7.56. The van der Waals surface area contributed by atoms with Crippen LogP contribution in [0.5, 0.6) is 0 Å². The van der Waals surface area contributed by atoms with Crippen LogP contribution in [0.3, 0.4) is 0 Å². The molecular formula is C12H22N2O2. The Hall–Kier alpha value is -0.610. The van der Waals surface area contributed by atoms with Crippen molar-refractivity contribution in [3.8, 4) is 0 Å². The summed E-state index contributed by atoms with van der Waals surface area (Å²) in [4.78, 5) is 14.2. The summed E-state index contributed by atoms with van der Waals surface area (Å²) in [5.41, 5.74) is 5.85. The lowest BCUT2D eigenvalue weighted by atomic mass is 10.0. The van der Waals surface area contributed by atoms with Crippen molar-refractivity contribution in [3.63, 3.8) is 0 Å². The van der Waals surface area contributed by atoms with Crippen molar-refractivity contribution in [2.75, 3.05) is 13.1 Å². The Kier molecular flexibility index (Phi) is 3.50. The molecule has 1 heterocycles. The van der Waals surface area contributed by atoms with E-state index in [0.717, 1.165) is 32.4 Å². The van der Waals surface area contributed by atoms with Gasteiger partial charge in [-0.2, -0.15) is 0 Å². The van der Waals surface area contributed by atoms with E-state index in [1.54, 1.807) is 0 Å². The average molecular weight is 226 g/mol. The van der Waals surface area contributed by atoms with Gasteiger partial charge in [-0.15, -0.1) is 0 Å². The minimum absolute atomic E-state index is 0.155. The summed E-state index contributed by atoms with van der Waals surface area (Å²) in [6.45, 7) is 5.51. The van der Waals surface area contributed by atoms with Crippen molar-refractivity contribution in [2.24, 2.45) is 11.7 Å². The van der Waals surface area contributed by atoms with Gasteiger partial charge in [0.2, 0.25) is 5.91 Å². The topological polar surface area (TPSA) is 55.6 Å². The summed E-state index contributed by atoms with van der Waals surface area (Å²) >= 11 is 0. The van der Waals surface area contributed by atoms with Gasteiger partial charge in [-0.05, 0) is 33.1 Å². The quantitative estimate of drug-likeness (QED) is 0.718. The molecular weight excluding hydrogens is 204 g/mol. The molecule has 0 spiro atoms. The van der Waals surface area contributed by atoms with Crippen LogP contribution < -0.4 is 5.73 Å². The van der Waals surface area contributed by atoms with Crippen molar-refractivity contribution in [1.82, 2.24) is 4.90 Å². The average Bonchev–Trinajstić information content (AvgIpc) is 2.62. The molecule has 2 N–H and O–H groups in total. The Morgan fingerprint density at radius 3 is 2.38 bits per heavy atom. The molecule has 0 aromatic heterocycles. The molecule has 0 radical (unpaired) electrons. The van der Waals surface area contributed by atoms with Gasteiger partial charge in [0, 0.05) is 25.0 Å². The molecule has 4 atom stereocenters. The van der Waals surface area contributed by atoms with Crippen molar-refractivity contribution >= 4 is 5.91 Å². The fraction of sp³-hybridized carbons (Fsp3) is 0.917. The maximum Gasteiger partial charge on any atom is 0.225 e. The predicted octanol–water partition coefficient (Wildman–Crippen LogP) is 0.750. The highest BCUT2D eigenvalue weighted by Gasteiger charge is 2.34. The first-order valence-electron chi connectivity index (χ1n) is 6.26. The smallest absolute Gasteiger partial charge is 0.225 e. The molecule has 4 unspecified atom stereocenters. The predicted molar refractivity (Wildman–Crippen MR) is 61.9 cm³/mol. The first kappa shape index (κ1) is 11.9. The molecule has 2 aliphatic rings. The number of carbonyl (C=O) groups excluding carboxylic acids is 1. The maximum atomic E-state index is 12.3. The van der Waals surface area contributed by atoms with Gasteiger partial charge in [-0.25, -0.2) is 0 Å². The minimum atomic E-state index is 0.155. The number of rotatable bonds is 1. The fourth-order valence-electron chi connectivity index (χ4n) is 2.86. The highest BCUT2D eigenvalue weighted by Crippen LogP contribution is 2.27. The molecule has 2 fully saturated rings. The van der Waals surface area contributed by atoms with Crippen LogP contribution in [0.2, 0.25) is 0 Å². The highest BCUT2D eigenvalue weighted by molar-refractivity contribution is 5.79. The highest BCUT2D eigenvalue weighted by atomic mass is 16.5. The van der Waals surface area contributed by atoms with E-state index in [9.17, 15) is 4.79 Å². The van der Waals surface area contributed by atoms with E-state index >= 15 is 0 Å². The lowest BCUT2D eigenvalue weighted by molar-refractivity contribution is -0.147. The van der Waals surface area contributed by atoms with Gasteiger partial charge in [0.15, 0.2) is 0 Å². The number of morpholine rings is 1. The van der Waals surface area contributed by atoms with E-state index < -0.39 is 0 Å². The van der Waals surface area contributed by atoms with Gasteiger partial charge in [0.05, 0.1) is 12.2 Å². The van der Waals surface area contributed by atoms with Crippen LogP contribution >= 0.6 is 0 Å². The Balaban J connectivity index is 1.93. The van der Waals surface area contributed by atoms with E-state index in [4.69, 9.17) is 10.5 Å². The van der Waals surface area contributed by atoms with E-state index in [-0.39, 0.29) is 30.1 Å². The molecule has 1 saturated carbocycles. The molecule has 4 nitrogen and oxygen atoms in total. The molecule has 1 amide bonds. The molecule has 1 aliphatic heterocycles. The number of ether oxygens (including phenoxy) is 1. The second-order valence-corrected chi connectivity index (χ2v) is 5.27. The summed E-state index contributed by atoms with van der Waals surface area (Å²) in [6, 6.07) is 0.227. The Labute approximate surface area is 97.1 Å². The van der Waals surface area contributed by atoms with Crippen molar-refractivity contribution in [3.05, 3.63) is 0 Å². The maximum absolute atomic E-state index is 12.3. The molecule has 0 bridgehead atoms. The van der Waals surface area contributed by atoms with Crippen LogP contribution in [-0.2, 0) is 9.53 Å². The lowest BCUT2D eigenvalue weighted by Crippen LogP contribution is -2.49. The van der Waals surface area contributed by atoms with Crippen LogP contribution in [0.4, 0.5) is 0 Å². The normalized spacial score (nSPS) is 40.1. The third-order valence-corrected chi connectivity index (χ3v) is 3.55. The number of hydrogen-bond donors (Lipinski definition) is 1. The Morgan fingerprint density at radius 1 is 1.25 bits per heavy atom. The minimum Gasteiger partial charge on any atom is -0.372 e. The van der Waals surface area contributed by atoms with Gasteiger partial charge in [0.1, 0.15) is 0 Å². The van der Waals surface area contributed by atoms with Crippen LogP contribution in [0, 0.1) is 5.92 Å². The number of carbonyl (C=O) groups is 1. The third kappa shape index (κ3) is 2.55. The van der Waals surface area contributed by atoms with Crippen LogP contribution in [0.25, 0.3) is 0 Å². The number of amides is 1. The number of nitrogens with zero attached hydrogens (tertiary/aromatic N) is 1. The van der Waals surface area contributed by atoms with Crippen LogP contribution in [0.15, 0.2) is 0 Å². The fourth-order valence-corrected chi connectivity index (χ4v) is 2.86. The van der Waals surface area contributed by atoms with E-state index in [0.29, 0.717) is 0 Å². The molecule has 1 aliphatic carbocycles. The van der Waals surface area contributed by atoms with E-state index in [1.165, 1.54) is 0 Å². The molecule has 92 valence electrons. The molecule has 0 aromatic rings. The van der Waals surface area contributed by atoms with Gasteiger partial charge in [0.25, 0.3) is 0 Å². The standard InChI is InChI=1S/C12H22N2O2/c1-8-6-14(7-9(2)16-8)12(15)10-3-4-11(13)5-10/h8-11H,3-7,13H2,1-2H3. The van der Waals surface area contributed by atoms with Crippen LogP contribution in [-0.4, -0.2) is 42.1 Å². The van der Waals surface area contributed by atoms with Gasteiger partial charge >= 0.3 is 0 Å². The summed E-state index contributed by atoms with van der Waals surface area (Å²) in [7, 11) is 0. The molecule has 2 rings (SSSR count). The van der Waals surface area contributed by atoms with Crippen molar-refractivity contribution in [1.29, 1.82) is 0 Å². The zero-order chi connectivity index (χ0) is 11.7. The molecule has 4 heteroatoms. The largest absolute Gasteiger partial charge is 0.372 e. The summed E-state index contributed by atoms with van der Waals surface area (Å²) in [5, 5.41) is 0. The second kappa shape index (κ2) is 4.72. The second-order valence-electron chi connectivity index (χ2n) is 5.27. The van der Waals surface area contributed by atoms with E-state index in [1.807, 2.05) is 18.7 Å². The SMILES string of the molecule is CC1CN(C(=O)C2CCC(N)C2)CC(C)O1. The molecule has 0 aromatic carbocycles. The Bertz CT molecular complexity index is 260. The van der Waals surface area contributed by atoms with Gasteiger partial charge in [-0.1, -0.05) is 0 Å². The van der Waals surface area contributed by atoms with Crippen molar-refractivity contribution in [2.45, 2.75) is 51.4 Å². The van der Waals surface area contributed by atoms with Crippen LogP contribution in [0.1, 0.15) is 33.1 Å². The summed E-state index contributed by atoms with van der Waals surface area (Å²) < 4.78 is 5.63.